The van der Waals surface area contributed by atoms with E-state index in [4.69, 9.17) is 0 Å². The Balaban J connectivity index is 2.07. The zero-order valence-electron chi connectivity index (χ0n) is 11.5. The first-order valence-corrected chi connectivity index (χ1v) is 7.57. The number of hydrogen-bond acceptors (Lipinski definition) is 2. The summed E-state index contributed by atoms with van der Waals surface area (Å²) in [7, 11) is 0. The van der Waals surface area contributed by atoms with E-state index < -0.39 is 5.41 Å². The first-order valence-electron chi connectivity index (χ1n) is 6.78. The van der Waals surface area contributed by atoms with E-state index in [1.807, 2.05) is 38.1 Å². The molecule has 3 nitrogen and oxygen atoms in total. The standard InChI is InChI=1S/C15H21BrN2O/c1-15(2,11-4-3-5-12(16)10-11)14(19)18-13-6-8-17-9-7-13/h3-5,10,13,17H,6-9H2,1-2H3,(H,18,19). The highest BCUT2D eigenvalue weighted by molar-refractivity contribution is 9.10. The van der Waals surface area contributed by atoms with Crippen molar-refractivity contribution < 1.29 is 4.79 Å². The monoisotopic (exact) mass is 324 g/mol. The van der Waals surface area contributed by atoms with Crippen molar-refractivity contribution in [1.29, 1.82) is 0 Å². The normalized spacial score (nSPS) is 17.2. The van der Waals surface area contributed by atoms with E-state index in [0.717, 1.165) is 36.0 Å². The number of hydrogen-bond donors (Lipinski definition) is 2. The quantitative estimate of drug-likeness (QED) is 0.897. The Labute approximate surface area is 123 Å². The third-order valence-electron chi connectivity index (χ3n) is 3.79. The summed E-state index contributed by atoms with van der Waals surface area (Å²) in [6, 6.07) is 8.28. The number of halogens is 1. The second-order valence-corrected chi connectivity index (χ2v) is 6.55. The minimum Gasteiger partial charge on any atom is -0.353 e. The van der Waals surface area contributed by atoms with Gasteiger partial charge in [-0.2, -0.15) is 0 Å². The average molecular weight is 325 g/mol. The molecular formula is C15H21BrN2O. The lowest BCUT2D eigenvalue weighted by atomic mass is 9.83. The van der Waals surface area contributed by atoms with Gasteiger partial charge in [-0.05, 0) is 57.5 Å². The van der Waals surface area contributed by atoms with E-state index in [0.29, 0.717) is 6.04 Å². The van der Waals surface area contributed by atoms with Crippen LogP contribution in [0.3, 0.4) is 0 Å². The number of rotatable bonds is 3. The van der Waals surface area contributed by atoms with Gasteiger partial charge in [-0.25, -0.2) is 0 Å². The molecule has 1 aliphatic rings. The smallest absolute Gasteiger partial charge is 0.230 e. The molecule has 0 saturated carbocycles. The number of piperidine rings is 1. The fourth-order valence-corrected chi connectivity index (χ4v) is 2.74. The highest BCUT2D eigenvalue weighted by Crippen LogP contribution is 2.26. The Hall–Kier alpha value is -0.870. The molecule has 0 unspecified atom stereocenters. The Morgan fingerprint density at radius 2 is 2.05 bits per heavy atom. The lowest BCUT2D eigenvalue weighted by molar-refractivity contribution is -0.126. The Morgan fingerprint density at radius 3 is 2.68 bits per heavy atom. The van der Waals surface area contributed by atoms with E-state index in [9.17, 15) is 4.79 Å². The molecule has 0 aromatic heterocycles. The highest BCUT2D eigenvalue weighted by Gasteiger charge is 2.31. The molecule has 19 heavy (non-hydrogen) atoms. The van der Waals surface area contributed by atoms with Gasteiger partial charge in [-0.15, -0.1) is 0 Å². The van der Waals surface area contributed by atoms with E-state index in [-0.39, 0.29) is 5.91 Å². The second-order valence-electron chi connectivity index (χ2n) is 5.63. The number of nitrogens with one attached hydrogen (secondary N) is 2. The van der Waals surface area contributed by atoms with Gasteiger partial charge in [0.25, 0.3) is 0 Å². The van der Waals surface area contributed by atoms with Crippen LogP contribution in [-0.2, 0) is 10.2 Å². The summed E-state index contributed by atoms with van der Waals surface area (Å²) in [5.74, 6) is 0.109. The van der Waals surface area contributed by atoms with Crippen molar-refractivity contribution in [3.63, 3.8) is 0 Å². The molecule has 1 aromatic carbocycles. The molecule has 0 bridgehead atoms. The van der Waals surface area contributed by atoms with Gasteiger partial charge >= 0.3 is 0 Å². The maximum Gasteiger partial charge on any atom is 0.230 e. The number of carbonyl (C=O) groups is 1. The van der Waals surface area contributed by atoms with Crippen molar-refractivity contribution in [2.24, 2.45) is 0 Å². The third kappa shape index (κ3) is 3.57. The number of benzene rings is 1. The van der Waals surface area contributed by atoms with Crippen LogP contribution in [0.2, 0.25) is 0 Å². The van der Waals surface area contributed by atoms with Crippen LogP contribution in [0.15, 0.2) is 28.7 Å². The molecule has 2 N–H and O–H groups in total. The van der Waals surface area contributed by atoms with Gasteiger partial charge in [0, 0.05) is 10.5 Å². The molecule has 2 rings (SSSR count). The summed E-state index contributed by atoms with van der Waals surface area (Å²) >= 11 is 3.46. The molecule has 0 radical (unpaired) electrons. The van der Waals surface area contributed by atoms with Crippen LogP contribution in [0.1, 0.15) is 32.3 Å². The molecule has 104 valence electrons. The topological polar surface area (TPSA) is 41.1 Å². The first-order chi connectivity index (χ1) is 9.00. The summed E-state index contributed by atoms with van der Waals surface area (Å²) in [6.07, 6.45) is 2.03. The van der Waals surface area contributed by atoms with Gasteiger partial charge in [0.15, 0.2) is 0 Å². The van der Waals surface area contributed by atoms with Crippen molar-refractivity contribution in [1.82, 2.24) is 10.6 Å². The van der Waals surface area contributed by atoms with Gasteiger partial charge in [-0.3, -0.25) is 4.79 Å². The minimum atomic E-state index is -0.505. The van der Waals surface area contributed by atoms with Crippen molar-refractivity contribution in [2.75, 3.05) is 13.1 Å². The predicted octanol–water partition coefficient (Wildman–Crippen LogP) is 2.59. The molecule has 1 aromatic rings. The Morgan fingerprint density at radius 1 is 1.37 bits per heavy atom. The molecule has 1 heterocycles. The van der Waals surface area contributed by atoms with Crippen LogP contribution in [0.25, 0.3) is 0 Å². The van der Waals surface area contributed by atoms with Crippen molar-refractivity contribution >= 4 is 21.8 Å². The summed E-state index contributed by atoms with van der Waals surface area (Å²) in [6.45, 7) is 5.93. The third-order valence-corrected chi connectivity index (χ3v) is 4.28. The van der Waals surface area contributed by atoms with Gasteiger partial charge in [0.1, 0.15) is 0 Å². The van der Waals surface area contributed by atoms with Crippen LogP contribution >= 0.6 is 15.9 Å². The molecular weight excluding hydrogens is 304 g/mol. The Bertz CT molecular complexity index is 453. The second kappa shape index (κ2) is 6.06. The van der Waals surface area contributed by atoms with Crippen molar-refractivity contribution in [2.45, 2.75) is 38.1 Å². The van der Waals surface area contributed by atoms with E-state index in [1.54, 1.807) is 0 Å². The molecule has 0 aliphatic carbocycles. The fourth-order valence-electron chi connectivity index (χ4n) is 2.34. The zero-order valence-corrected chi connectivity index (χ0v) is 13.1. The van der Waals surface area contributed by atoms with Crippen LogP contribution in [0.5, 0.6) is 0 Å². The highest BCUT2D eigenvalue weighted by atomic mass is 79.9. The van der Waals surface area contributed by atoms with Crippen LogP contribution < -0.4 is 10.6 Å². The Kier molecular flexibility index (Phi) is 4.63. The minimum absolute atomic E-state index is 0.109. The molecule has 4 heteroatoms. The maximum atomic E-state index is 12.5. The van der Waals surface area contributed by atoms with Crippen LogP contribution in [0, 0.1) is 0 Å². The first kappa shape index (κ1) is 14.5. The maximum absolute atomic E-state index is 12.5. The van der Waals surface area contributed by atoms with Crippen molar-refractivity contribution in [3.05, 3.63) is 34.3 Å². The van der Waals surface area contributed by atoms with Crippen molar-refractivity contribution in [3.8, 4) is 0 Å². The molecule has 1 aliphatic heterocycles. The fraction of sp³-hybridized carbons (Fsp3) is 0.533. The summed E-state index contributed by atoms with van der Waals surface area (Å²) in [5, 5.41) is 6.49. The lowest BCUT2D eigenvalue weighted by Crippen LogP contribution is -2.48. The predicted molar refractivity (Wildman–Crippen MR) is 81.2 cm³/mol. The lowest BCUT2D eigenvalue weighted by Gasteiger charge is -2.30. The van der Waals surface area contributed by atoms with E-state index >= 15 is 0 Å². The molecule has 1 amide bonds. The SMILES string of the molecule is CC(C)(C(=O)NC1CCNCC1)c1cccc(Br)c1. The number of amides is 1. The van der Waals surface area contributed by atoms with E-state index in [1.165, 1.54) is 0 Å². The summed E-state index contributed by atoms with van der Waals surface area (Å²) in [5.41, 5.74) is 0.530. The van der Waals surface area contributed by atoms with Gasteiger partial charge in [-0.1, -0.05) is 28.1 Å². The van der Waals surface area contributed by atoms with E-state index in [2.05, 4.69) is 26.6 Å². The van der Waals surface area contributed by atoms with Gasteiger partial charge in [0.2, 0.25) is 5.91 Å². The molecule has 1 fully saturated rings. The van der Waals surface area contributed by atoms with Gasteiger partial charge < -0.3 is 10.6 Å². The molecule has 0 spiro atoms. The average Bonchev–Trinajstić information content (AvgIpc) is 2.40. The summed E-state index contributed by atoms with van der Waals surface area (Å²) < 4.78 is 1.01. The zero-order chi connectivity index (χ0) is 13.9. The van der Waals surface area contributed by atoms with Gasteiger partial charge in [0.05, 0.1) is 5.41 Å². The van der Waals surface area contributed by atoms with Crippen LogP contribution in [-0.4, -0.2) is 25.0 Å². The molecule has 0 atom stereocenters. The van der Waals surface area contributed by atoms with Crippen LogP contribution in [0.4, 0.5) is 0 Å². The number of carbonyl (C=O) groups excluding carboxylic acids is 1. The summed E-state index contributed by atoms with van der Waals surface area (Å²) in [4.78, 5) is 12.5. The largest absolute Gasteiger partial charge is 0.353 e. The molecule has 1 saturated heterocycles.